The van der Waals surface area contributed by atoms with Crippen LogP contribution in [0.25, 0.3) is 0 Å². The molecule has 1 N–H and O–H groups in total. The second-order valence-electron chi connectivity index (χ2n) is 6.09. The molecule has 1 fully saturated rings. The number of hydrogen-bond acceptors (Lipinski definition) is 4. The molecule has 3 rings (SSSR count). The van der Waals surface area contributed by atoms with Crippen molar-refractivity contribution in [2.24, 2.45) is 0 Å². The van der Waals surface area contributed by atoms with Gasteiger partial charge in [0.1, 0.15) is 5.01 Å². The first-order valence-corrected chi connectivity index (χ1v) is 8.94. The molecule has 20 heavy (non-hydrogen) atoms. The molecule has 1 aromatic heterocycles. The molecule has 2 aliphatic carbocycles. The molecular formula is C16H26N2OS. The molecule has 0 saturated heterocycles. The van der Waals surface area contributed by atoms with Crippen LogP contribution in [0.3, 0.4) is 0 Å². The Morgan fingerprint density at radius 2 is 2.10 bits per heavy atom. The minimum absolute atomic E-state index is 0.109. The van der Waals surface area contributed by atoms with Crippen molar-refractivity contribution in [3.63, 3.8) is 0 Å². The van der Waals surface area contributed by atoms with Crippen molar-refractivity contribution in [2.45, 2.75) is 70.4 Å². The number of fused-ring (bicyclic) bond motifs is 1. The third kappa shape index (κ3) is 2.66. The second kappa shape index (κ2) is 6.12. The van der Waals surface area contributed by atoms with Gasteiger partial charge in [0.2, 0.25) is 0 Å². The fourth-order valence-corrected chi connectivity index (χ4v) is 4.72. The largest absolute Gasteiger partial charge is 0.378 e. The Morgan fingerprint density at radius 1 is 1.30 bits per heavy atom. The van der Waals surface area contributed by atoms with Crippen molar-refractivity contribution in [2.75, 3.05) is 13.2 Å². The van der Waals surface area contributed by atoms with E-state index in [9.17, 15) is 0 Å². The van der Waals surface area contributed by atoms with E-state index in [0.717, 1.165) is 26.0 Å². The summed E-state index contributed by atoms with van der Waals surface area (Å²) >= 11 is 1.96. The van der Waals surface area contributed by atoms with Gasteiger partial charge in [0, 0.05) is 11.5 Å². The van der Waals surface area contributed by atoms with Gasteiger partial charge in [-0.15, -0.1) is 11.3 Å². The number of aromatic nitrogens is 1. The summed E-state index contributed by atoms with van der Waals surface area (Å²) < 4.78 is 5.77. The molecule has 1 saturated carbocycles. The van der Waals surface area contributed by atoms with Crippen molar-refractivity contribution in [1.82, 2.24) is 10.3 Å². The van der Waals surface area contributed by atoms with Gasteiger partial charge < -0.3 is 10.1 Å². The molecule has 1 aromatic rings. The van der Waals surface area contributed by atoms with Gasteiger partial charge in [-0.05, 0) is 58.4 Å². The maximum Gasteiger partial charge on any atom is 0.113 e. The van der Waals surface area contributed by atoms with E-state index in [1.165, 1.54) is 42.8 Å². The van der Waals surface area contributed by atoms with Gasteiger partial charge in [0.25, 0.3) is 0 Å². The van der Waals surface area contributed by atoms with E-state index in [1.807, 2.05) is 11.3 Å². The fraction of sp³-hybridized carbons (Fsp3) is 0.812. The molecule has 4 heteroatoms. The number of thiazole rings is 1. The number of ether oxygens (including phenoxy) is 1. The third-order valence-electron chi connectivity index (χ3n) is 4.52. The van der Waals surface area contributed by atoms with Crippen LogP contribution in [0.4, 0.5) is 0 Å². The second-order valence-corrected chi connectivity index (χ2v) is 7.17. The number of rotatable bonds is 6. The van der Waals surface area contributed by atoms with E-state index in [0.29, 0.717) is 6.10 Å². The SMILES string of the molecule is CCCNC1(c2nc3c(s2)CCCC3)CC(OCC)C1. The molecule has 0 atom stereocenters. The van der Waals surface area contributed by atoms with E-state index in [1.54, 1.807) is 4.88 Å². The third-order valence-corrected chi connectivity index (χ3v) is 5.88. The average Bonchev–Trinajstić information content (AvgIpc) is 2.85. The predicted molar refractivity (Wildman–Crippen MR) is 83.4 cm³/mol. The van der Waals surface area contributed by atoms with Crippen LogP contribution < -0.4 is 5.32 Å². The minimum Gasteiger partial charge on any atom is -0.378 e. The van der Waals surface area contributed by atoms with Crippen LogP contribution in [0.15, 0.2) is 0 Å². The zero-order valence-electron chi connectivity index (χ0n) is 12.7. The predicted octanol–water partition coefficient (Wildman–Crippen LogP) is 3.42. The highest BCUT2D eigenvalue weighted by Crippen LogP contribution is 2.46. The quantitative estimate of drug-likeness (QED) is 0.873. The minimum atomic E-state index is 0.109. The van der Waals surface area contributed by atoms with Crippen LogP contribution in [-0.2, 0) is 23.1 Å². The summed E-state index contributed by atoms with van der Waals surface area (Å²) in [6.45, 7) is 6.21. The number of aryl methyl sites for hydroxylation is 2. The molecule has 0 spiro atoms. The van der Waals surface area contributed by atoms with Crippen LogP contribution >= 0.6 is 11.3 Å². The van der Waals surface area contributed by atoms with E-state index < -0.39 is 0 Å². The first-order valence-electron chi connectivity index (χ1n) is 8.13. The summed E-state index contributed by atoms with van der Waals surface area (Å²) in [6.07, 6.45) is 8.85. The van der Waals surface area contributed by atoms with Gasteiger partial charge in [0.15, 0.2) is 0 Å². The molecule has 2 aliphatic rings. The molecule has 0 bridgehead atoms. The highest BCUT2D eigenvalue weighted by atomic mass is 32.1. The zero-order chi connectivity index (χ0) is 14.0. The summed E-state index contributed by atoms with van der Waals surface area (Å²) in [5, 5.41) is 5.09. The van der Waals surface area contributed by atoms with Crippen molar-refractivity contribution in [3.8, 4) is 0 Å². The van der Waals surface area contributed by atoms with Crippen LogP contribution in [0.1, 0.15) is 61.5 Å². The highest BCUT2D eigenvalue weighted by molar-refractivity contribution is 7.11. The van der Waals surface area contributed by atoms with E-state index in [4.69, 9.17) is 9.72 Å². The van der Waals surface area contributed by atoms with Gasteiger partial charge in [-0.3, -0.25) is 0 Å². The lowest BCUT2D eigenvalue weighted by atomic mass is 9.74. The Kier molecular flexibility index (Phi) is 4.43. The van der Waals surface area contributed by atoms with Gasteiger partial charge in [-0.25, -0.2) is 4.98 Å². The summed E-state index contributed by atoms with van der Waals surface area (Å²) in [6, 6.07) is 0. The summed E-state index contributed by atoms with van der Waals surface area (Å²) in [5.41, 5.74) is 1.49. The Balaban J connectivity index is 1.77. The lowest BCUT2D eigenvalue weighted by molar-refractivity contribution is -0.0535. The number of nitrogens with zero attached hydrogens (tertiary/aromatic N) is 1. The van der Waals surface area contributed by atoms with Crippen LogP contribution in [0, 0.1) is 0 Å². The smallest absolute Gasteiger partial charge is 0.113 e. The number of hydrogen-bond donors (Lipinski definition) is 1. The lowest BCUT2D eigenvalue weighted by Gasteiger charge is -2.46. The molecule has 0 unspecified atom stereocenters. The van der Waals surface area contributed by atoms with E-state index in [2.05, 4.69) is 19.2 Å². The maximum absolute atomic E-state index is 5.77. The Morgan fingerprint density at radius 3 is 2.80 bits per heavy atom. The standard InChI is InChI=1S/C16H26N2OS/c1-3-9-17-16(10-12(11-16)19-4-2)15-18-13-7-5-6-8-14(13)20-15/h12,17H,3-11H2,1-2H3. The number of nitrogens with one attached hydrogen (secondary N) is 1. The molecular weight excluding hydrogens is 268 g/mol. The van der Waals surface area contributed by atoms with E-state index in [-0.39, 0.29) is 5.54 Å². The Bertz CT molecular complexity index is 428. The zero-order valence-corrected chi connectivity index (χ0v) is 13.5. The molecule has 0 radical (unpaired) electrons. The highest BCUT2D eigenvalue weighted by Gasteiger charge is 2.48. The van der Waals surface area contributed by atoms with Crippen molar-refractivity contribution in [1.29, 1.82) is 0 Å². The van der Waals surface area contributed by atoms with Crippen LogP contribution in [0.2, 0.25) is 0 Å². The molecule has 0 aliphatic heterocycles. The summed E-state index contributed by atoms with van der Waals surface area (Å²) in [7, 11) is 0. The first-order chi connectivity index (χ1) is 9.77. The van der Waals surface area contributed by atoms with Gasteiger partial charge in [-0.1, -0.05) is 6.92 Å². The molecule has 0 aromatic carbocycles. The monoisotopic (exact) mass is 294 g/mol. The Labute approximate surface area is 126 Å². The summed E-state index contributed by atoms with van der Waals surface area (Å²) in [5.74, 6) is 0. The maximum atomic E-state index is 5.77. The van der Waals surface area contributed by atoms with Gasteiger partial charge in [0.05, 0.1) is 17.3 Å². The lowest BCUT2D eigenvalue weighted by Crippen LogP contribution is -2.55. The molecule has 1 heterocycles. The van der Waals surface area contributed by atoms with Crippen molar-refractivity contribution >= 4 is 11.3 Å². The normalized spacial score (nSPS) is 29.0. The fourth-order valence-electron chi connectivity index (χ4n) is 3.39. The van der Waals surface area contributed by atoms with Gasteiger partial charge >= 0.3 is 0 Å². The molecule has 112 valence electrons. The Hall–Kier alpha value is -0.450. The van der Waals surface area contributed by atoms with E-state index >= 15 is 0 Å². The average molecular weight is 294 g/mol. The van der Waals surface area contributed by atoms with Gasteiger partial charge in [-0.2, -0.15) is 0 Å². The summed E-state index contributed by atoms with van der Waals surface area (Å²) in [4.78, 5) is 6.54. The molecule has 0 amide bonds. The van der Waals surface area contributed by atoms with Crippen LogP contribution in [-0.4, -0.2) is 24.2 Å². The topological polar surface area (TPSA) is 34.2 Å². The van der Waals surface area contributed by atoms with Crippen LogP contribution in [0.5, 0.6) is 0 Å². The van der Waals surface area contributed by atoms with Crippen molar-refractivity contribution in [3.05, 3.63) is 15.6 Å². The van der Waals surface area contributed by atoms with Crippen molar-refractivity contribution < 1.29 is 4.74 Å². The molecule has 3 nitrogen and oxygen atoms in total. The first kappa shape index (κ1) is 14.5.